The first kappa shape index (κ1) is 25.5. The van der Waals surface area contributed by atoms with E-state index in [1.165, 1.54) is 10.4 Å². The van der Waals surface area contributed by atoms with Crippen LogP contribution in [0.2, 0.25) is 0 Å². The van der Waals surface area contributed by atoms with E-state index < -0.39 is 0 Å². The average Bonchev–Trinajstić information content (AvgIpc) is 3.19. The lowest BCUT2D eigenvalue weighted by Crippen LogP contribution is -2.52. The van der Waals surface area contributed by atoms with E-state index in [-0.39, 0.29) is 24.0 Å². The Hall–Kier alpha value is -1.72. The van der Waals surface area contributed by atoms with Crippen molar-refractivity contribution in [2.45, 2.75) is 20.0 Å². The Bertz CT molecular complexity index is 841. The van der Waals surface area contributed by atoms with E-state index in [9.17, 15) is 0 Å². The lowest BCUT2D eigenvalue weighted by molar-refractivity contribution is 0.172. The minimum absolute atomic E-state index is 0. The molecule has 0 aliphatic carbocycles. The van der Waals surface area contributed by atoms with E-state index >= 15 is 0 Å². The third-order valence-corrected chi connectivity index (χ3v) is 6.41. The number of aliphatic imine (C=N–C) groups is 1. The molecule has 0 bridgehead atoms. The van der Waals surface area contributed by atoms with E-state index in [1.54, 1.807) is 32.7 Å². The Balaban J connectivity index is 0.00000341. The molecule has 2 heterocycles. The van der Waals surface area contributed by atoms with Crippen molar-refractivity contribution in [2.24, 2.45) is 4.99 Å². The van der Waals surface area contributed by atoms with E-state index in [2.05, 4.69) is 38.5 Å². The first-order chi connectivity index (χ1) is 14.6. The number of guanidine groups is 1. The standard InChI is InChI=1S/C22H32N4O3S.HI/c1-16-6-11-30-20(16)14-24-22(23-2)26-9-7-25(8-10-26)15-17-12-18(27-3)21(29-5)19(13-17)28-4;/h6,11-13H,7-10,14-15H2,1-5H3,(H,23,24);1H. The predicted octanol–water partition coefficient (Wildman–Crippen LogP) is 3.59. The van der Waals surface area contributed by atoms with Gasteiger partial charge in [-0.15, -0.1) is 35.3 Å². The molecule has 1 aromatic heterocycles. The van der Waals surface area contributed by atoms with Gasteiger partial charge in [-0.05, 0) is 41.6 Å². The number of piperazine rings is 1. The van der Waals surface area contributed by atoms with Crippen molar-refractivity contribution < 1.29 is 14.2 Å². The highest BCUT2D eigenvalue weighted by atomic mass is 127. The largest absolute Gasteiger partial charge is 0.493 e. The number of hydrogen-bond acceptors (Lipinski definition) is 6. The van der Waals surface area contributed by atoms with Gasteiger partial charge in [0.05, 0.1) is 27.9 Å². The van der Waals surface area contributed by atoms with Gasteiger partial charge in [-0.2, -0.15) is 0 Å². The normalized spacial score (nSPS) is 14.7. The van der Waals surface area contributed by atoms with Crippen LogP contribution in [-0.4, -0.2) is 70.3 Å². The van der Waals surface area contributed by atoms with E-state index in [4.69, 9.17) is 14.2 Å². The molecule has 0 unspecified atom stereocenters. The van der Waals surface area contributed by atoms with Crippen LogP contribution in [0.15, 0.2) is 28.6 Å². The van der Waals surface area contributed by atoms with E-state index in [0.717, 1.165) is 50.8 Å². The highest BCUT2D eigenvalue weighted by Gasteiger charge is 2.21. The fourth-order valence-electron chi connectivity index (χ4n) is 3.68. The van der Waals surface area contributed by atoms with Crippen LogP contribution in [0.5, 0.6) is 17.2 Å². The molecule has 0 amide bonds. The van der Waals surface area contributed by atoms with Gasteiger partial charge in [0.2, 0.25) is 5.75 Å². The number of methoxy groups -OCH3 is 3. The molecule has 1 aromatic carbocycles. The van der Waals surface area contributed by atoms with Crippen molar-refractivity contribution in [2.75, 3.05) is 54.6 Å². The van der Waals surface area contributed by atoms with Gasteiger partial charge in [0.15, 0.2) is 17.5 Å². The Labute approximate surface area is 206 Å². The number of rotatable bonds is 7. The van der Waals surface area contributed by atoms with Crippen molar-refractivity contribution >= 4 is 41.3 Å². The molecular formula is C22H33IN4O3S. The molecule has 1 aliphatic rings. The Kier molecular flexibility index (Phi) is 10.2. The summed E-state index contributed by atoms with van der Waals surface area (Å²) < 4.78 is 16.4. The maximum absolute atomic E-state index is 5.48. The lowest BCUT2D eigenvalue weighted by atomic mass is 10.1. The minimum atomic E-state index is 0. The Morgan fingerprint density at radius 1 is 1.06 bits per heavy atom. The average molecular weight is 561 g/mol. The third-order valence-electron chi connectivity index (χ3n) is 5.39. The molecule has 0 spiro atoms. The van der Waals surface area contributed by atoms with Crippen LogP contribution in [0, 0.1) is 6.92 Å². The van der Waals surface area contributed by atoms with Crippen molar-refractivity contribution in [1.29, 1.82) is 0 Å². The number of halogens is 1. The van der Waals surface area contributed by atoms with Crippen molar-refractivity contribution in [3.8, 4) is 17.2 Å². The lowest BCUT2D eigenvalue weighted by Gasteiger charge is -2.36. The van der Waals surface area contributed by atoms with Crippen molar-refractivity contribution in [3.05, 3.63) is 39.6 Å². The number of thiophene rings is 1. The molecule has 9 heteroatoms. The van der Waals surface area contributed by atoms with Crippen LogP contribution in [-0.2, 0) is 13.1 Å². The molecule has 2 aromatic rings. The molecule has 1 fully saturated rings. The van der Waals surface area contributed by atoms with E-state index in [0.29, 0.717) is 17.2 Å². The molecule has 1 N–H and O–H groups in total. The van der Waals surface area contributed by atoms with Crippen LogP contribution >= 0.6 is 35.3 Å². The summed E-state index contributed by atoms with van der Waals surface area (Å²) in [5, 5.41) is 5.65. The summed E-state index contributed by atoms with van der Waals surface area (Å²) in [5.74, 6) is 2.98. The Morgan fingerprint density at radius 2 is 1.71 bits per heavy atom. The first-order valence-corrected chi connectivity index (χ1v) is 11.0. The summed E-state index contributed by atoms with van der Waals surface area (Å²) >= 11 is 1.79. The number of benzene rings is 1. The number of aryl methyl sites for hydroxylation is 1. The zero-order valence-corrected chi connectivity index (χ0v) is 22.1. The Morgan fingerprint density at radius 3 is 2.19 bits per heavy atom. The first-order valence-electron chi connectivity index (χ1n) is 10.1. The number of nitrogens with one attached hydrogen (secondary N) is 1. The van der Waals surface area contributed by atoms with Crippen molar-refractivity contribution in [3.63, 3.8) is 0 Å². The quantitative estimate of drug-likeness (QED) is 0.318. The highest BCUT2D eigenvalue weighted by molar-refractivity contribution is 14.0. The summed E-state index contributed by atoms with van der Waals surface area (Å²) in [7, 11) is 6.78. The maximum atomic E-state index is 5.48. The second-order valence-electron chi connectivity index (χ2n) is 7.22. The molecule has 0 atom stereocenters. The fraction of sp³-hybridized carbons (Fsp3) is 0.500. The molecule has 1 aliphatic heterocycles. The van der Waals surface area contributed by atoms with E-state index in [1.807, 2.05) is 19.2 Å². The molecule has 3 rings (SSSR count). The zero-order valence-electron chi connectivity index (χ0n) is 18.9. The van der Waals surface area contributed by atoms with Gasteiger partial charge in [0.1, 0.15) is 0 Å². The van der Waals surface area contributed by atoms with Crippen LogP contribution in [0.4, 0.5) is 0 Å². The van der Waals surface area contributed by atoms with Gasteiger partial charge < -0.3 is 24.4 Å². The fourth-order valence-corrected chi connectivity index (χ4v) is 4.53. The summed E-state index contributed by atoms with van der Waals surface area (Å²) in [6, 6.07) is 6.21. The topological polar surface area (TPSA) is 58.6 Å². The summed E-state index contributed by atoms with van der Waals surface area (Å²) in [6.45, 7) is 7.62. The minimum Gasteiger partial charge on any atom is -0.493 e. The maximum Gasteiger partial charge on any atom is 0.203 e. The van der Waals surface area contributed by atoms with Crippen molar-refractivity contribution in [1.82, 2.24) is 15.1 Å². The van der Waals surface area contributed by atoms with Gasteiger partial charge in [0.25, 0.3) is 0 Å². The predicted molar refractivity (Wildman–Crippen MR) is 138 cm³/mol. The monoisotopic (exact) mass is 560 g/mol. The number of ether oxygens (including phenoxy) is 3. The summed E-state index contributed by atoms with van der Waals surface area (Å²) in [5.41, 5.74) is 2.48. The third kappa shape index (κ3) is 6.39. The van der Waals surface area contributed by atoms with Crippen LogP contribution < -0.4 is 19.5 Å². The molecule has 0 saturated carbocycles. The second-order valence-corrected chi connectivity index (χ2v) is 8.23. The van der Waals surface area contributed by atoms with Gasteiger partial charge in [0, 0.05) is 44.6 Å². The van der Waals surface area contributed by atoms with Crippen LogP contribution in [0.25, 0.3) is 0 Å². The smallest absolute Gasteiger partial charge is 0.203 e. The highest BCUT2D eigenvalue weighted by Crippen LogP contribution is 2.38. The molecule has 0 radical (unpaired) electrons. The van der Waals surface area contributed by atoms with Crippen LogP contribution in [0.1, 0.15) is 16.0 Å². The zero-order chi connectivity index (χ0) is 21.5. The molecule has 172 valence electrons. The molecule has 7 nitrogen and oxygen atoms in total. The van der Waals surface area contributed by atoms with Gasteiger partial charge in [-0.1, -0.05) is 0 Å². The summed E-state index contributed by atoms with van der Waals surface area (Å²) in [6.07, 6.45) is 0. The van der Waals surface area contributed by atoms with Gasteiger partial charge in [-0.25, -0.2) is 0 Å². The van der Waals surface area contributed by atoms with Crippen LogP contribution in [0.3, 0.4) is 0 Å². The van der Waals surface area contributed by atoms with Gasteiger partial charge >= 0.3 is 0 Å². The number of nitrogens with zero attached hydrogens (tertiary/aromatic N) is 3. The SMILES string of the molecule is CN=C(NCc1sccc1C)N1CCN(Cc2cc(OC)c(OC)c(OC)c2)CC1.I. The molecular weight excluding hydrogens is 527 g/mol. The molecule has 31 heavy (non-hydrogen) atoms. The number of hydrogen-bond donors (Lipinski definition) is 1. The van der Waals surface area contributed by atoms with Gasteiger partial charge in [-0.3, -0.25) is 9.89 Å². The summed E-state index contributed by atoms with van der Waals surface area (Å²) in [4.78, 5) is 10.6. The molecule has 1 saturated heterocycles. The second kappa shape index (κ2) is 12.4.